The molecule has 124 valence electrons. The topological polar surface area (TPSA) is 55.6 Å². The summed E-state index contributed by atoms with van der Waals surface area (Å²) in [5, 5.41) is 4.03. The molecule has 0 radical (unpaired) electrons. The van der Waals surface area contributed by atoms with Gasteiger partial charge in [0.2, 0.25) is 5.91 Å². The van der Waals surface area contributed by atoms with Crippen LogP contribution in [0.1, 0.15) is 32.4 Å². The quantitative estimate of drug-likeness (QED) is 0.747. The van der Waals surface area contributed by atoms with E-state index in [-0.39, 0.29) is 12.3 Å². The van der Waals surface area contributed by atoms with Crippen molar-refractivity contribution in [1.82, 2.24) is 10.1 Å². The van der Waals surface area contributed by atoms with Gasteiger partial charge in [-0.2, -0.15) is 0 Å². The van der Waals surface area contributed by atoms with E-state index in [1.807, 2.05) is 35.2 Å². The van der Waals surface area contributed by atoms with E-state index in [9.17, 15) is 4.79 Å². The lowest BCUT2D eigenvalue weighted by atomic mass is 10.1. The first-order valence-electron chi connectivity index (χ1n) is 8.05. The standard InChI is InChI=1S/C18H24N2O3/c1-4-9-20(10-5-2)18(21)13-15-12-17(23-19-15)14-7-6-8-16(11-14)22-3/h6-8,11-12H,4-5,9-10,13H2,1-3H3. The molecule has 1 amide bonds. The second-order valence-electron chi connectivity index (χ2n) is 5.47. The molecule has 0 N–H and O–H groups in total. The average molecular weight is 316 g/mol. The smallest absolute Gasteiger partial charge is 0.228 e. The molecular weight excluding hydrogens is 292 g/mol. The molecule has 1 aromatic heterocycles. The first-order chi connectivity index (χ1) is 11.2. The summed E-state index contributed by atoms with van der Waals surface area (Å²) in [4.78, 5) is 14.3. The third kappa shape index (κ3) is 4.58. The Balaban J connectivity index is 2.08. The number of ether oxygens (including phenoxy) is 1. The van der Waals surface area contributed by atoms with Crippen LogP contribution >= 0.6 is 0 Å². The van der Waals surface area contributed by atoms with Crippen LogP contribution in [0.5, 0.6) is 5.75 Å². The van der Waals surface area contributed by atoms with Crippen molar-refractivity contribution >= 4 is 5.91 Å². The van der Waals surface area contributed by atoms with Gasteiger partial charge in [-0.15, -0.1) is 0 Å². The van der Waals surface area contributed by atoms with Crippen LogP contribution in [0.3, 0.4) is 0 Å². The number of aromatic nitrogens is 1. The molecule has 0 aliphatic heterocycles. The van der Waals surface area contributed by atoms with Gasteiger partial charge in [-0.1, -0.05) is 31.1 Å². The van der Waals surface area contributed by atoms with Gasteiger partial charge < -0.3 is 14.2 Å². The summed E-state index contributed by atoms with van der Waals surface area (Å²) < 4.78 is 10.6. The number of methoxy groups -OCH3 is 1. The Labute approximate surface area is 137 Å². The normalized spacial score (nSPS) is 10.6. The highest BCUT2D eigenvalue weighted by Gasteiger charge is 2.16. The monoisotopic (exact) mass is 316 g/mol. The number of rotatable bonds is 8. The summed E-state index contributed by atoms with van der Waals surface area (Å²) in [6.07, 6.45) is 2.19. The number of hydrogen-bond donors (Lipinski definition) is 0. The Morgan fingerprint density at radius 1 is 1.22 bits per heavy atom. The Hall–Kier alpha value is -2.30. The molecule has 1 aromatic carbocycles. The average Bonchev–Trinajstić information content (AvgIpc) is 3.03. The lowest BCUT2D eigenvalue weighted by Crippen LogP contribution is -2.33. The maximum atomic E-state index is 12.4. The van der Waals surface area contributed by atoms with E-state index in [1.54, 1.807) is 7.11 Å². The Kier molecular flexibility index (Phi) is 6.20. The molecule has 0 spiro atoms. The lowest BCUT2D eigenvalue weighted by Gasteiger charge is -2.20. The molecule has 0 aliphatic carbocycles. The van der Waals surface area contributed by atoms with Crippen LogP contribution in [0.15, 0.2) is 34.9 Å². The number of benzene rings is 1. The fourth-order valence-electron chi connectivity index (χ4n) is 2.48. The van der Waals surface area contributed by atoms with Crippen molar-refractivity contribution in [1.29, 1.82) is 0 Å². The van der Waals surface area contributed by atoms with E-state index < -0.39 is 0 Å². The van der Waals surface area contributed by atoms with Gasteiger partial charge in [0.25, 0.3) is 0 Å². The minimum atomic E-state index is 0.0965. The largest absolute Gasteiger partial charge is 0.497 e. The second-order valence-corrected chi connectivity index (χ2v) is 5.47. The molecule has 0 aliphatic rings. The summed E-state index contributed by atoms with van der Waals surface area (Å²) in [5.74, 6) is 1.50. The van der Waals surface area contributed by atoms with Gasteiger partial charge in [0.15, 0.2) is 5.76 Å². The summed E-state index contributed by atoms with van der Waals surface area (Å²) in [5.41, 5.74) is 1.54. The summed E-state index contributed by atoms with van der Waals surface area (Å²) in [6, 6.07) is 9.40. The molecule has 0 atom stereocenters. The number of carbonyl (C=O) groups is 1. The van der Waals surface area contributed by atoms with E-state index in [4.69, 9.17) is 9.26 Å². The van der Waals surface area contributed by atoms with Crippen LogP contribution in [0.4, 0.5) is 0 Å². The maximum Gasteiger partial charge on any atom is 0.228 e. The van der Waals surface area contributed by atoms with Crippen molar-refractivity contribution in [3.05, 3.63) is 36.0 Å². The minimum Gasteiger partial charge on any atom is -0.497 e. The van der Waals surface area contributed by atoms with E-state index >= 15 is 0 Å². The summed E-state index contributed by atoms with van der Waals surface area (Å²) >= 11 is 0. The van der Waals surface area contributed by atoms with Crippen LogP contribution in [0.25, 0.3) is 11.3 Å². The number of hydrogen-bond acceptors (Lipinski definition) is 4. The van der Waals surface area contributed by atoms with Gasteiger partial charge >= 0.3 is 0 Å². The highest BCUT2D eigenvalue weighted by molar-refractivity contribution is 5.78. The van der Waals surface area contributed by atoms with E-state index in [2.05, 4.69) is 19.0 Å². The Morgan fingerprint density at radius 2 is 1.96 bits per heavy atom. The predicted molar refractivity (Wildman–Crippen MR) is 89.4 cm³/mol. The molecule has 0 unspecified atom stereocenters. The van der Waals surface area contributed by atoms with Crippen LogP contribution in [-0.2, 0) is 11.2 Å². The third-order valence-corrected chi connectivity index (χ3v) is 3.59. The van der Waals surface area contributed by atoms with Gasteiger partial charge in [0.1, 0.15) is 5.75 Å². The number of amides is 1. The molecule has 1 heterocycles. The summed E-state index contributed by atoms with van der Waals surface area (Å²) in [7, 11) is 1.62. The van der Waals surface area contributed by atoms with Crippen molar-refractivity contribution in [2.45, 2.75) is 33.1 Å². The zero-order valence-electron chi connectivity index (χ0n) is 14.0. The number of nitrogens with zero attached hydrogens (tertiary/aromatic N) is 2. The summed E-state index contributed by atoms with van der Waals surface area (Å²) in [6.45, 7) is 5.72. The van der Waals surface area contributed by atoms with Gasteiger partial charge in [0, 0.05) is 24.7 Å². The molecule has 0 saturated heterocycles. The molecule has 2 aromatic rings. The fraction of sp³-hybridized carbons (Fsp3) is 0.444. The van der Waals surface area contributed by atoms with E-state index in [1.165, 1.54) is 0 Å². The number of carbonyl (C=O) groups excluding carboxylic acids is 1. The molecule has 0 fully saturated rings. The van der Waals surface area contributed by atoms with Crippen molar-refractivity contribution in [2.24, 2.45) is 0 Å². The highest BCUT2D eigenvalue weighted by atomic mass is 16.5. The first-order valence-corrected chi connectivity index (χ1v) is 8.05. The molecular formula is C18H24N2O3. The van der Waals surface area contributed by atoms with Crippen LogP contribution in [-0.4, -0.2) is 36.2 Å². The van der Waals surface area contributed by atoms with Crippen molar-refractivity contribution in [3.8, 4) is 17.1 Å². The van der Waals surface area contributed by atoms with Crippen molar-refractivity contribution < 1.29 is 14.1 Å². The molecule has 0 saturated carbocycles. The van der Waals surface area contributed by atoms with Gasteiger partial charge in [-0.25, -0.2) is 0 Å². The van der Waals surface area contributed by atoms with Crippen LogP contribution < -0.4 is 4.74 Å². The predicted octanol–water partition coefficient (Wildman–Crippen LogP) is 3.54. The Morgan fingerprint density at radius 3 is 2.61 bits per heavy atom. The molecule has 23 heavy (non-hydrogen) atoms. The first kappa shape index (κ1) is 17.1. The minimum absolute atomic E-state index is 0.0965. The zero-order chi connectivity index (χ0) is 16.7. The van der Waals surface area contributed by atoms with Crippen molar-refractivity contribution in [2.75, 3.05) is 20.2 Å². The maximum absolute atomic E-state index is 12.4. The Bertz CT molecular complexity index is 631. The SMILES string of the molecule is CCCN(CCC)C(=O)Cc1cc(-c2cccc(OC)c2)on1. The third-order valence-electron chi connectivity index (χ3n) is 3.59. The van der Waals surface area contributed by atoms with Crippen LogP contribution in [0.2, 0.25) is 0 Å². The zero-order valence-corrected chi connectivity index (χ0v) is 14.0. The second kappa shape index (κ2) is 8.36. The van der Waals surface area contributed by atoms with Crippen LogP contribution in [0, 0.1) is 0 Å². The fourth-order valence-corrected chi connectivity index (χ4v) is 2.48. The van der Waals surface area contributed by atoms with E-state index in [0.717, 1.165) is 37.2 Å². The van der Waals surface area contributed by atoms with Crippen molar-refractivity contribution in [3.63, 3.8) is 0 Å². The molecule has 2 rings (SSSR count). The van der Waals surface area contributed by atoms with E-state index in [0.29, 0.717) is 11.5 Å². The van der Waals surface area contributed by atoms with Gasteiger partial charge in [-0.3, -0.25) is 4.79 Å². The highest BCUT2D eigenvalue weighted by Crippen LogP contribution is 2.24. The molecule has 0 bridgehead atoms. The molecule has 5 heteroatoms. The lowest BCUT2D eigenvalue weighted by molar-refractivity contribution is -0.130. The molecule has 5 nitrogen and oxygen atoms in total. The van der Waals surface area contributed by atoms with Gasteiger partial charge in [-0.05, 0) is 25.0 Å². The van der Waals surface area contributed by atoms with Gasteiger partial charge in [0.05, 0.1) is 19.2 Å².